The van der Waals surface area contributed by atoms with E-state index >= 15 is 0 Å². The van der Waals surface area contributed by atoms with Gasteiger partial charge in [0.25, 0.3) is 5.91 Å². The van der Waals surface area contributed by atoms with Crippen LogP contribution in [0.25, 0.3) is 0 Å². The van der Waals surface area contributed by atoms with Crippen molar-refractivity contribution >= 4 is 17.8 Å². The summed E-state index contributed by atoms with van der Waals surface area (Å²) < 4.78 is 5.26. The molecule has 0 unspecified atom stereocenters. The summed E-state index contributed by atoms with van der Waals surface area (Å²) in [6.07, 6.45) is 12.0. The number of carbonyl (C=O) groups excluding carboxylic acids is 3. The molecule has 6 heteroatoms. The van der Waals surface area contributed by atoms with E-state index < -0.39 is 12.1 Å². The zero-order chi connectivity index (χ0) is 20.4. The Morgan fingerprint density at radius 1 is 0.931 bits per heavy atom. The van der Waals surface area contributed by atoms with E-state index in [9.17, 15) is 14.4 Å². The lowest BCUT2D eigenvalue weighted by atomic mass is 9.49. The standard InChI is InChI=1S/C23H36N2O4/c1-15(21(27)24-13-16-5-3-2-4-6-16)29-20(26)14-25-22(28)23-10-17-7-18(11-23)9-19(8-17)12-23/h15-19H,2-14H2,1H3,(H,24,27)(H,25,28)/t15-,17?,18?,19?,23?/m0/s1. The van der Waals surface area contributed by atoms with Crippen molar-refractivity contribution in [1.82, 2.24) is 10.6 Å². The summed E-state index contributed by atoms with van der Waals surface area (Å²) in [6.45, 7) is 2.10. The third-order valence-corrected chi connectivity index (χ3v) is 7.88. The smallest absolute Gasteiger partial charge is 0.326 e. The summed E-state index contributed by atoms with van der Waals surface area (Å²) in [5, 5.41) is 5.73. The zero-order valence-corrected chi connectivity index (χ0v) is 17.7. The van der Waals surface area contributed by atoms with E-state index in [-0.39, 0.29) is 23.8 Å². The number of amides is 2. The highest BCUT2D eigenvalue weighted by atomic mass is 16.5. The Hall–Kier alpha value is -1.59. The molecule has 5 aliphatic carbocycles. The van der Waals surface area contributed by atoms with Crippen LogP contribution in [0.4, 0.5) is 0 Å². The highest BCUT2D eigenvalue weighted by Crippen LogP contribution is 2.60. The monoisotopic (exact) mass is 404 g/mol. The van der Waals surface area contributed by atoms with Crippen molar-refractivity contribution in [2.75, 3.05) is 13.1 Å². The number of hydrogen-bond acceptors (Lipinski definition) is 4. The van der Waals surface area contributed by atoms with Crippen LogP contribution in [0, 0.1) is 29.1 Å². The molecule has 0 spiro atoms. The Morgan fingerprint density at radius 3 is 2.10 bits per heavy atom. The van der Waals surface area contributed by atoms with Gasteiger partial charge in [0.05, 0.1) is 0 Å². The molecule has 5 aliphatic rings. The molecule has 2 N–H and O–H groups in total. The summed E-state index contributed by atoms with van der Waals surface area (Å²) in [6, 6.07) is 0. The van der Waals surface area contributed by atoms with Crippen molar-refractivity contribution in [3.05, 3.63) is 0 Å². The van der Waals surface area contributed by atoms with Gasteiger partial charge in [0.15, 0.2) is 6.10 Å². The van der Waals surface area contributed by atoms with E-state index in [1.807, 2.05) is 0 Å². The molecule has 1 atom stereocenters. The Labute approximate surface area is 173 Å². The van der Waals surface area contributed by atoms with Gasteiger partial charge in [-0.1, -0.05) is 19.3 Å². The third-order valence-electron chi connectivity index (χ3n) is 7.88. The SMILES string of the molecule is C[C@H](OC(=O)CNC(=O)C12CC3CC(CC(C3)C1)C2)C(=O)NCC1CCCCC1. The quantitative estimate of drug-likeness (QED) is 0.639. The lowest BCUT2D eigenvalue weighted by Crippen LogP contribution is -2.54. The fraction of sp³-hybridized carbons (Fsp3) is 0.870. The molecule has 0 heterocycles. The maximum Gasteiger partial charge on any atom is 0.326 e. The van der Waals surface area contributed by atoms with Crippen molar-refractivity contribution < 1.29 is 19.1 Å². The molecule has 29 heavy (non-hydrogen) atoms. The van der Waals surface area contributed by atoms with Crippen LogP contribution in [0.5, 0.6) is 0 Å². The molecule has 6 nitrogen and oxygen atoms in total. The van der Waals surface area contributed by atoms with Gasteiger partial charge < -0.3 is 15.4 Å². The van der Waals surface area contributed by atoms with Gasteiger partial charge >= 0.3 is 5.97 Å². The first-order valence-electron chi connectivity index (χ1n) is 11.7. The predicted molar refractivity (Wildman–Crippen MR) is 109 cm³/mol. The molecule has 0 saturated heterocycles. The maximum absolute atomic E-state index is 12.9. The molecule has 0 aromatic rings. The third kappa shape index (κ3) is 4.77. The van der Waals surface area contributed by atoms with E-state index in [0.717, 1.165) is 32.1 Å². The molecule has 2 amide bonds. The van der Waals surface area contributed by atoms with E-state index in [0.29, 0.717) is 30.2 Å². The van der Waals surface area contributed by atoms with Gasteiger partial charge in [0.2, 0.25) is 5.91 Å². The topological polar surface area (TPSA) is 84.5 Å². The summed E-state index contributed by atoms with van der Waals surface area (Å²) >= 11 is 0. The number of hydrogen-bond donors (Lipinski definition) is 2. The van der Waals surface area contributed by atoms with E-state index in [1.165, 1.54) is 38.5 Å². The van der Waals surface area contributed by atoms with Gasteiger partial charge in [-0.3, -0.25) is 14.4 Å². The minimum absolute atomic E-state index is 0.0166. The molecule has 162 valence electrons. The van der Waals surface area contributed by atoms with Crippen molar-refractivity contribution in [1.29, 1.82) is 0 Å². The molecule has 5 rings (SSSR count). The number of ether oxygens (including phenoxy) is 1. The normalized spacial score (nSPS) is 34.4. The molecular formula is C23H36N2O4. The fourth-order valence-electron chi connectivity index (χ4n) is 6.80. The minimum atomic E-state index is -0.831. The minimum Gasteiger partial charge on any atom is -0.451 e. The number of esters is 1. The number of carbonyl (C=O) groups is 3. The molecular weight excluding hydrogens is 368 g/mol. The molecule has 0 aliphatic heterocycles. The maximum atomic E-state index is 12.9. The zero-order valence-electron chi connectivity index (χ0n) is 17.7. The van der Waals surface area contributed by atoms with Crippen molar-refractivity contribution in [3.63, 3.8) is 0 Å². The molecule has 5 saturated carbocycles. The number of rotatable bonds is 7. The molecule has 0 aromatic heterocycles. The van der Waals surface area contributed by atoms with Crippen LogP contribution < -0.4 is 10.6 Å². The van der Waals surface area contributed by atoms with Gasteiger partial charge in [-0.05, 0) is 82.0 Å². The summed E-state index contributed by atoms with van der Waals surface area (Å²) in [5.74, 6) is 1.82. The van der Waals surface area contributed by atoms with Crippen LogP contribution in [-0.4, -0.2) is 37.0 Å². The van der Waals surface area contributed by atoms with Crippen LogP contribution in [0.3, 0.4) is 0 Å². The van der Waals surface area contributed by atoms with Crippen LogP contribution in [0.2, 0.25) is 0 Å². The average molecular weight is 405 g/mol. The van der Waals surface area contributed by atoms with E-state index in [2.05, 4.69) is 10.6 Å². The van der Waals surface area contributed by atoms with Gasteiger partial charge in [0, 0.05) is 12.0 Å². The highest BCUT2D eigenvalue weighted by molar-refractivity contribution is 5.88. The second-order valence-electron chi connectivity index (χ2n) is 10.3. The average Bonchev–Trinajstić information content (AvgIpc) is 2.70. The van der Waals surface area contributed by atoms with E-state index in [4.69, 9.17) is 4.74 Å². The molecule has 4 bridgehead atoms. The lowest BCUT2D eigenvalue weighted by Gasteiger charge is -2.55. The van der Waals surface area contributed by atoms with Gasteiger partial charge in [-0.25, -0.2) is 0 Å². The van der Waals surface area contributed by atoms with Crippen LogP contribution in [0.15, 0.2) is 0 Å². The van der Waals surface area contributed by atoms with Crippen LogP contribution in [-0.2, 0) is 19.1 Å². The fourth-order valence-corrected chi connectivity index (χ4v) is 6.80. The van der Waals surface area contributed by atoms with Gasteiger partial charge in [-0.2, -0.15) is 0 Å². The van der Waals surface area contributed by atoms with Crippen LogP contribution in [0.1, 0.15) is 77.6 Å². The molecule has 5 fully saturated rings. The van der Waals surface area contributed by atoms with Gasteiger partial charge in [0.1, 0.15) is 6.54 Å². The van der Waals surface area contributed by atoms with Gasteiger partial charge in [-0.15, -0.1) is 0 Å². The molecule has 0 aromatic carbocycles. The second kappa shape index (κ2) is 8.65. The summed E-state index contributed by atoms with van der Waals surface area (Å²) in [4.78, 5) is 37.3. The Bertz CT molecular complexity index is 606. The first kappa shape index (κ1) is 20.7. The second-order valence-corrected chi connectivity index (χ2v) is 10.3. The summed E-state index contributed by atoms with van der Waals surface area (Å²) in [7, 11) is 0. The predicted octanol–water partition coefficient (Wildman–Crippen LogP) is 2.95. The Balaban J connectivity index is 1.18. The Morgan fingerprint density at radius 2 is 1.52 bits per heavy atom. The number of nitrogens with one attached hydrogen (secondary N) is 2. The molecule has 0 radical (unpaired) electrons. The van der Waals surface area contributed by atoms with Crippen LogP contribution >= 0.6 is 0 Å². The highest BCUT2D eigenvalue weighted by Gasteiger charge is 2.54. The van der Waals surface area contributed by atoms with Crippen molar-refractivity contribution in [2.24, 2.45) is 29.1 Å². The van der Waals surface area contributed by atoms with Crippen molar-refractivity contribution in [3.8, 4) is 0 Å². The summed E-state index contributed by atoms with van der Waals surface area (Å²) in [5.41, 5.74) is -0.266. The first-order chi connectivity index (χ1) is 13.9. The first-order valence-corrected chi connectivity index (χ1v) is 11.7. The largest absolute Gasteiger partial charge is 0.451 e. The van der Waals surface area contributed by atoms with E-state index in [1.54, 1.807) is 6.92 Å². The lowest BCUT2D eigenvalue weighted by molar-refractivity contribution is -0.156. The Kier molecular flexibility index (Phi) is 6.16. The van der Waals surface area contributed by atoms with Crippen molar-refractivity contribution in [2.45, 2.75) is 83.7 Å².